The zero-order chi connectivity index (χ0) is 46.4. The van der Waals surface area contributed by atoms with E-state index in [1.807, 2.05) is 18.2 Å². The summed E-state index contributed by atoms with van der Waals surface area (Å²) in [6.07, 6.45) is 0. The van der Waals surface area contributed by atoms with E-state index in [-0.39, 0.29) is 0 Å². The topological polar surface area (TPSA) is 21.8 Å². The first kappa shape index (κ1) is 42.5. The molecular weight excluding hydrogens is 837 g/mol. The molecular formula is C65H50N4. The third-order valence-corrected chi connectivity index (χ3v) is 12.9. The van der Waals surface area contributed by atoms with E-state index >= 15 is 0 Å². The summed E-state index contributed by atoms with van der Waals surface area (Å²) in [7, 11) is 2.13. The highest BCUT2D eigenvalue weighted by molar-refractivity contribution is 5.99. The van der Waals surface area contributed by atoms with Crippen LogP contribution in [-0.2, 0) is 0 Å². The summed E-state index contributed by atoms with van der Waals surface area (Å²) in [6.45, 7) is 0. The molecule has 0 aromatic heterocycles. The Morgan fingerprint density at radius 1 is 0.246 bits per heavy atom. The molecule has 330 valence electrons. The first-order chi connectivity index (χ1) is 34.1. The molecule has 0 radical (unpaired) electrons. The number of benzene rings is 11. The van der Waals surface area contributed by atoms with Gasteiger partial charge in [0.05, 0.1) is 5.69 Å². The Morgan fingerprint density at radius 3 is 1.01 bits per heavy atom. The van der Waals surface area contributed by atoms with Gasteiger partial charge < -0.3 is 20.0 Å². The SMILES string of the molecule is CN(c1ccc(-c2ccc(N(c3ccccc3)c3ccccc3)cc2)cc1)c1ccc(-c2ccc(N(c3ccc(-c4ccc(Nc5ccccc5)cc4)cc3)c3cccc4ccccc34)cc2)cc1. The Hall–Kier alpha value is -9.12. The maximum atomic E-state index is 3.49. The van der Waals surface area contributed by atoms with Crippen LogP contribution < -0.4 is 20.0 Å². The molecule has 0 aliphatic carbocycles. The van der Waals surface area contributed by atoms with Gasteiger partial charge in [0.15, 0.2) is 0 Å². The van der Waals surface area contributed by atoms with E-state index < -0.39 is 0 Å². The Labute approximate surface area is 405 Å². The van der Waals surface area contributed by atoms with Crippen LogP contribution >= 0.6 is 0 Å². The zero-order valence-corrected chi connectivity index (χ0v) is 38.4. The minimum Gasteiger partial charge on any atom is -0.356 e. The minimum atomic E-state index is 1.06. The first-order valence-corrected chi connectivity index (χ1v) is 23.5. The zero-order valence-electron chi connectivity index (χ0n) is 38.4. The van der Waals surface area contributed by atoms with Crippen molar-refractivity contribution in [1.29, 1.82) is 0 Å². The Kier molecular flexibility index (Phi) is 11.9. The summed E-state index contributed by atoms with van der Waals surface area (Å²) in [5.74, 6) is 0. The molecule has 1 N–H and O–H groups in total. The predicted molar refractivity (Wildman–Crippen MR) is 294 cm³/mol. The number of rotatable bonds is 13. The molecule has 0 aliphatic rings. The van der Waals surface area contributed by atoms with Gasteiger partial charge in [0.2, 0.25) is 0 Å². The van der Waals surface area contributed by atoms with Crippen molar-refractivity contribution < 1.29 is 0 Å². The Bertz CT molecular complexity index is 3370. The van der Waals surface area contributed by atoms with Crippen molar-refractivity contribution in [3.63, 3.8) is 0 Å². The van der Waals surface area contributed by atoms with Crippen LogP contribution in [0.4, 0.5) is 56.9 Å². The standard InChI is InChI=1S/C65H50N4/c1-67(57-38-26-49(27-39-57)52-30-42-61(43-31-52)68(59-18-7-3-8-19-59)60-20-9-4-10-21-60)58-40-28-50(29-41-58)53-34-46-63(47-35-53)69(65-23-13-15-54-14-11-12-22-64(54)65)62-44-32-51(33-45-62)48-24-36-56(37-25-48)66-55-16-5-2-6-17-55/h2-47,66H,1H3. The van der Waals surface area contributed by atoms with Crippen molar-refractivity contribution in [2.75, 3.05) is 27.1 Å². The van der Waals surface area contributed by atoms with Crippen LogP contribution in [0, 0.1) is 0 Å². The minimum absolute atomic E-state index is 1.06. The second-order valence-corrected chi connectivity index (χ2v) is 17.2. The summed E-state index contributed by atoms with van der Waals surface area (Å²) in [5, 5.41) is 5.90. The number of hydrogen-bond acceptors (Lipinski definition) is 4. The molecule has 0 atom stereocenters. The van der Waals surface area contributed by atoms with Crippen LogP contribution in [0.15, 0.2) is 279 Å². The largest absolute Gasteiger partial charge is 0.356 e. The fourth-order valence-electron chi connectivity index (χ4n) is 9.18. The summed E-state index contributed by atoms with van der Waals surface area (Å²) >= 11 is 0. The molecule has 0 saturated heterocycles. The lowest BCUT2D eigenvalue weighted by Gasteiger charge is -2.27. The quantitative estimate of drug-likeness (QED) is 0.124. The van der Waals surface area contributed by atoms with E-state index in [9.17, 15) is 0 Å². The molecule has 0 bridgehead atoms. The van der Waals surface area contributed by atoms with Crippen molar-refractivity contribution in [3.8, 4) is 33.4 Å². The normalized spacial score (nSPS) is 11.0. The van der Waals surface area contributed by atoms with Gasteiger partial charge in [-0.25, -0.2) is 0 Å². The third-order valence-electron chi connectivity index (χ3n) is 12.9. The number of nitrogens with zero attached hydrogens (tertiary/aromatic N) is 3. The van der Waals surface area contributed by atoms with Crippen molar-refractivity contribution in [1.82, 2.24) is 0 Å². The smallest absolute Gasteiger partial charge is 0.0540 e. The van der Waals surface area contributed by atoms with Gasteiger partial charge in [-0.3, -0.25) is 0 Å². The highest BCUT2D eigenvalue weighted by Crippen LogP contribution is 2.41. The molecule has 0 spiro atoms. The number of nitrogens with one attached hydrogen (secondary N) is 1. The second-order valence-electron chi connectivity index (χ2n) is 17.2. The number of hydrogen-bond donors (Lipinski definition) is 1. The maximum Gasteiger partial charge on any atom is 0.0540 e. The van der Waals surface area contributed by atoms with Crippen LogP contribution in [0.2, 0.25) is 0 Å². The lowest BCUT2D eigenvalue weighted by Crippen LogP contribution is -2.10. The first-order valence-electron chi connectivity index (χ1n) is 23.5. The Balaban J connectivity index is 0.800. The fourth-order valence-corrected chi connectivity index (χ4v) is 9.18. The average Bonchev–Trinajstić information content (AvgIpc) is 3.43. The van der Waals surface area contributed by atoms with Gasteiger partial charge in [0.1, 0.15) is 0 Å². The molecule has 11 aromatic carbocycles. The number of anilines is 10. The molecule has 0 amide bonds. The molecule has 0 saturated carbocycles. The van der Waals surface area contributed by atoms with Gasteiger partial charge in [-0.05, 0) is 154 Å². The molecule has 4 heteroatoms. The highest BCUT2D eigenvalue weighted by Gasteiger charge is 2.17. The number of para-hydroxylation sites is 3. The van der Waals surface area contributed by atoms with Crippen LogP contribution in [0.3, 0.4) is 0 Å². The molecule has 0 heterocycles. The molecule has 11 rings (SSSR count). The average molecular weight is 887 g/mol. The van der Waals surface area contributed by atoms with Crippen LogP contribution in [-0.4, -0.2) is 7.05 Å². The lowest BCUT2D eigenvalue weighted by molar-refractivity contribution is 1.21. The van der Waals surface area contributed by atoms with Crippen molar-refractivity contribution >= 4 is 67.6 Å². The molecule has 0 unspecified atom stereocenters. The van der Waals surface area contributed by atoms with E-state index in [2.05, 4.69) is 288 Å². The summed E-state index contributed by atoms with van der Waals surface area (Å²) in [6, 6.07) is 99.5. The van der Waals surface area contributed by atoms with Crippen LogP contribution in [0.5, 0.6) is 0 Å². The number of fused-ring (bicyclic) bond motifs is 1. The van der Waals surface area contributed by atoms with E-state index in [4.69, 9.17) is 0 Å². The predicted octanol–water partition coefficient (Wildman–Crippen LogP) is 18.3. The van der Waals surface area contributed by atoms with Crippen LogP contribution in [0.25, 0.3) is 44.2 Å². The van der Waals surface area contributed by atoms with E-state index in [0.717, 1.165) is 62.4 Å². The van der Waals surface area contributed by atoms with Gasteiger partial charge in [0.25, 0.3) is 0 Å². The second kappa shape index (κ2) is 19.4. The van der Waals surface area contributed by atoms with Gasteiger partial charge >= 0.3 is 0 Å². The molecule has 11 aromatic rings. The van der Waals surface area contributed by atoms with Crippen LogP contribution in [0.1, 0.15) is 0 Å². The fraction of sp³-hybridized carbons (Fsp3) is 0.0154. The summed E-state index contributed by atoms with van der Waals surface area (Å²) < 4.78 is 0. The lowest BCUT2D eigenvalue weighted by atomic mass is 10.0. The maximum absolute atomic E-state index is 3.49. The third kappa shape index (κ3) is 9.20. The van der Waals surface area contributed by atoms with Gasteiger partial charge in [-0.1, -0.05) is 164 Å². The van der Waals surface area contributed by atoms with Gasteiger partial charge in [0, 0.05) is 63.6 Å². The van der Waals surface area contributed by atoms with Crippen molar-refractivity contribution in [3.05, 3.63) is 279 Å². The Morgan fingerprint density at radius 2 is 0.565 bits per heavy atom. The monoisotopic (exact) mass is 886 g/mol. The van der Waals surface area contributed by atoms with Gasteiger partial charge in [-0.15, -0.1) is 0 Å². The summed E-state index contributed by atoms with van der Waals surface area (Å²) in [5.41, 5.74) is 18.1. The van der Waals surface area contributed by atoms with Gasteiger partial charge in [-0.2, -0.15) is 0 Å². The molecule has 0 aliphatic heterocycles. The van der Waals surface area contributed by atoms with Crippen molar-refractivity contribution in [2.45, 2.75) is 0 Å². The van der Waals surface area contributed by atoms with E-state index in [1.165, 1.54) is 38.6 Å². The summed E-state index contributed by atoms with van der Waals surface area (Å²) in [4.78, 5) is 6.89. The molecule has 69 heavy (non-hydrogen) atoms. The highest BCUT2D eigenvalue weighted by atomic mass is 15.1. The van der Waals surface area contributed by atoms with E-state index in [0.29, 0.717) is 0 Å². The molecule has 0 fully saturated rings. The van der Waals surface area contributed by atoms with E-state index in [1.54, 1.807) is 0 Å². The van der Waals surface area contributed by atoms with Crippen molar-refractivity contribution in [2.24, 2.45) is 0 Å². The molecule has 4 nitrogen and oxygen atoms in total.